The Hall–Kier alpha value is -0.520. The van der Waals surface area contributed by atoms with Gasteiger partial charge in [0.1, 0.15) is 5.82 Å². The lowest BCUT2D eigenvalue weighted by atomic mass is 10.2. The largest absolute Gasteiger partial charge is 0.441 e. The van der Waals surface area contributed by atoms with Crippen molar-refractivity contribution < 1.29 is 13.2 Å². The zero-order chi connectivity index (χ0) is 11.2. The monoisotopic (exact) mass is 310 g/mol. The van der Waals surface area contributed by atoms with Crippen LogP contribution in [0.15, 0.2) is 21.0 Å². The molecule has 2 rings (SSSR count). The van der Waals surface area contributed by atoms with Gasteiger partial charge >= 0.3 is 0 Å². The number of hydrogen-bond donors (Lipinski definition) is 0. The molecule has 0 spiro atoms. The summed E-state index contributed by atoms with van der Waals surface area (Å²) in [7, 11) is 0. The van der Waals surface area contributed by atoms with Crippen molar-refractivity contribution in [3.05, 3.63) is 38.0 Å². The zero-order valence-electron chi connectivity index (χ0n) is 6.98. The second kappa shape index (κ2) is 3.81. The normalized spacial score (nSPS) is 10.9. The average Bonchev–Trinajstić information content (AvgIpc) is 2.17. The molecule has 1 aromatic carbocycles. The van der Waals surface area contributed by atoms with Gasteiger partial charge in [0.25, 0.3) is 0 Å². The van der Waals surface area contributed by atoms with Crippen molar-refractivity contribution in [3.8, 4) is 0 Å². The first-order valence-corrected chi connectivity index (χ1v) is 5.35. The Morgan fingerprint density at radius 1 is 1.33 bits per heavy atom. The molecule has 1 aromatic heterocycles. The fraction of sp³-hybridized carbons (Fsp3) is 0. The first kappa shape index (κ1) is 11.0. The summed E-state index contributed by atoms with van der Waals surface area (Å²) in [6.07, 6.45) is 0. The van der Waals surface area contributed by atoms with E-state index in [4.69, 9.17) is 28.2 Å². The summed E-state index contributed by atoms with van der Waals surface area (Å²) in [6.45, 7) is 0. The maximum atomic E-state index is 13.3. The van der Waals surface area contributed by atoms with Crippen LogP contribution in [0.25, 0.3) is 11.0 Å². The van der Waals surface area contributed by atoms with E-state index in [0.29, 0.717) is 10.5 Å². The molecule has 0 radical (unpaired) electrons. The van der Waals surface area contributed by atoms with Crippen molar-refractivity contribution in [2.45, 2.75) is 0 Å². The molecule has 0 unspecified atom stereocenters. The van der Waals surface area contributed by atoms with Gasteiger partial charge in [-0.15, -0.1) is 0 Å². The van der Waals surface area contributed by atoms with Gasteiger partial charge in [0.15, 0.2) is 11.4 Å². The third-order valence-electron chi connectivity index (χ3n) is 1.81. The molecular weight excluding hydrogens is 310 g/mol. The summed E-state index contributed by atoms with van der Waals surface area (Å²) in [6, 6.07) is 1.80. The maximum absolute atomic E-state index is 13.3. The van der Waals surface area contributed by atoms with E-state index in [1.807, 2.05) is 0 Å². The second-order valence-corrected chi connectivity index (χ2v) is 4.32. The Morgan fingerprint density at radius 3 is 2.67 bits per heavy atom. The van der Waals surface area contributed by atoms with Gasteiger partial charge in [-0.25, -0.2) is 8.78 Å². The summed E-state index contributed by atoms with van der Waals surface area (Å²) in [5.74, 6) is -1.55. The standard InChI is InChI=1S/C9H2BrClF2OS/c10-6-7(11)4-1-3(12)2-5(13)8(4)14-9(6)15/h1-2H. The number of halogens is 4. The fourth-order valence-corrected chi connectivity index (χ4v) is 1.93. The van der Waals surface area contributed by atoms with E-state index in [1.54, 1.807) is 0 Å². The minimum Gasteiger partial charge on any atom is -0.441 e. The van der Waals surface area contributed by atoms with Gasteiger partial charge in [0.2, 0.25) is 4.71 Å². The van der Waals surface area contributed by atoms with E-state index in [9.17, 15) is 8.78 Å². The number of rotatable bonds is 0. The zero-order valence-corrected chi connectivity index (χ0v) is 10.1. The van der Waals surface area contributed by atoms with E-state index in [-0.39, 0.29) is 20.7 Å². The molecule has 0 aliphatic carbocycles. The highest BCUT2D eigenvalue weighted by Gasteiger charge is 2.13. The molecule has 6 heteroatoms. The predicted octanol–water partition coefficient (Wildman–Crippen LogP) is 4.86. The first-order valence-electron chi connectivity index (χ1n) is 3.77. The van der Waals surface area contributed by atoms with Gasteiger partial charge in [-0.2, -0.15) is 0 Å². The second-order valence-electron chi connectivity index (χ2n) is 2.78. The lowest BCUT2D eigenvalue weighted by molar-refractivity contribution is 0.528. The van der Waals surface area contributed by atoms with Crippen LogP contribution in [-0.2, 0) is 0 Å². The molecule has 1 heterocycles. The minimum absolute atomic E-state index is 0.0259. The molecule has 78 valence electrons. The van der Waals surface area contributed by atoms with Crippen molar-refractivity contribution in [1.82, 2.24) is 0 Å². The van der Waals surface area contributed by atoms with Gasteiger partial charge in [0, 0.05) is 11.5 Å². The van der Waals surface area contributed by atoms with Crippen LogP contribution in [0.4, 0.5) is 8.78 Å². The Labute approximate surface area is 102 Å². The van der Waals surface area contributed by atoms with Crippen LogP contribution >= 0.6 is 39.7 Å². The maximum Gasteiger partial charge on any atom is 0.206 e. The van der Waals surface area contributed by atoms with E-state index < -0.39 is 11.6 Å². The third kappa shape index (κ3) is 1.79. The van der Waals surface area contributed by atoms with Crippen LogP contribution in [0.5, 0.6) is 0 Å². The Bertz CT molecular complexity index is 611. The van der Waals surface area contributed by atoms with Crippen LogP contribution in [-0.4, -0.2) is 0 Å². The highest BCUT2D eigenvalue weighted by molar-refractivity contribution is 9.10. The van der Waals surface area contributed by atoms with Crippen LogP contribution in [0.1, 0.15) is 0 Å². The van der Waals surface area contributed by atoms with Crippen LogP contribution < -0.4 is 0 Å². The Kier molecular flexibility index (Phi) is 2.79. The summed E-state index contributed by atoms with van der Waals surface area (Å²) in [5, 5.41) is 0.286. The lowest BCUT2D eigenvalue weighted by Crippen LogP contribution is -1.86. The smallest absolute Gasteiger partial charge is 0.206 e. The van der Waals surface area contributed by atoms with Crippen molar-refractivity contribution in [3.63, 3.8) is 0 Å². The van der Waals surface area contributed by atoms with Crippen molar-refractivity contribution >= 4 is 50.7 Å². The van der Waals surface area contributed by atoms with Crippen molar-refractivity contribution in [2.24, 2.45) is 0 Å². The molecule has 0 atom stereocenters. The number of fused-ring (bicyclic) bond motifs is 1. The Balaban J connectivity index is 3.05. The average molecular weight is 312 g/mol. The van der Waals surface area contributed by atoms with Crippen LogP contribution in [0.3, 0.4) is 0 Å². The van der Waals surface area contributed by atoms with Gasteiger partial charge in [-0.05, 0) is 34.2 Å². The predicted molar refractivity (Wildman–Crippen MR) is 59.7 cm³/mol. The number of benzene rings is 1. The highest BCUT2D eigenvalue weighted by atomic mass is 79.9. The highest BCUT2D eigenvalue weighted by Crippen LogP contribution is 2.33. The Morgan fingerprint density at radius 2 is 2.00 bits per heavy atom. The van der Waals surface area contributed by atoms with Crippen molar-refractivity contribution in [1.29, 1.82) is 0 Å². The van der Waals surface area contributed by atoms with Crippen LogP contribution in [0, 0.1) is 16.3 Å². The fourth-order valence-electron chi connectivity index (χ4n) is 1.17. The molecule has 0 saturated carbocycles. The van der Waals surface area contributed by atoms with Gasteiger partial charge in [0.05, 0.1) is 9.50 Å². The number of hydrogen-bond acceptors (Lipinski definition) is 2. The van der Waals surface area contributed by atoms with Gasteiger partial charge < -0.3 is 4.42 Å². The van der Waals surface area contributed by atoms with Gasteiger partial charge in [-0.1, -0.05) is 11.6 Å². The SMILES string of the molecule is Fc1cc(F)c2oc(=S)c(Br)c(Cl)c2c1. The molecule has 0 fully saturated rings. The quantitative estimate of drug-likeness (QED) is 0.645. The van der Waals surface area contributed by atoms with Gasteiger partial charge in [-0.3, -0.25) is 0 Å². The molecule has 1 nitrogen and oxygen atoms in total. The summed E-state index contributed by atoms with van der Waals surface area (Å²) in [4.78, 5) is 0. The molecule has 15 heavy (non-hydrogen) atoms. The van der Waals surface area contributed by atoms with E-state index in [2.05, 4.69) is 15.9 Å². The molecule has 0 aliphatic heterocycles. The molecule has 0 saturated heterocycles. The molecule has 0 bridgehead atoms. The summed E-state index contributed by atoms with van der Waals surface area (Å²) in [5.41, 5.74) is -0.144. The summed E-state index contributed by atoms with van der Waals surface area (Å²) >= 11 is 13.7. The van der Waals surface area contributed by atoms with Crippen molar-refractivity contribution in [2.75, 3.05) is 0 Å². The first-order chi connectivity index (χ1) is 7.00. The topological polar surface area (TPSA) is 13.1 Å². The molecular formula is C9H2BrClF2OS. The summed E-state index contributed by atoms with van der Waals surface area (Å²) < 4.78 is 31.6. The van der Waals surface area contributed by atoms with E-state index >= 15 is 0 Å². The van der Waals surface area contributed by atoms with E-state index in [1.165, 1.54) is 0 Å². The van der Waals surface area contributed by atoms with Crippen LogP contribution in [0.2, 0.25) is 5.02 Å². The molecule has 0 amide bonds. The third-order valence-corrected chi connectivity index (χ3v) is 3.74. The molecule has 2 aromatic rings. The lowest BCUT2D eigenvalue weighted by Gasteiger charge is -2.03. The minimum atomic E-state index is -0.828. The van der Waals surface area contributed by atoms with E-state index in [0.717, 1.165) is 6.07 Å². The molecule has 0 N–H and O–H groups in total. The molecule has 0 aliphatic rings.